The highest BCUT2D eigenvalue weighted by Crippen LogP contribution is 2.23. The van der Waals surface area contributed by atoms with Crippen molar-refractivity contribution in [3.8, 4) is 0 Å². The summed E-state index contributed by atoms with van der Waals surface area (Å²) in [6.07, 6.45) is 5.67. The molecule has 2 heterocycles. The van der Waals surface area contributed by atoms with Crippen LogP contribution in [-0.4, -0.2) is 20.6 Å². The number of aliphatic carboxylic acids is 1. The van der Waals surface area contributed by atoms with Crippen molar-refractivity contribution in [3.63, 3.8) is 0 Å². The molecule has 2 aromatic rings. The summed E-state index contributed by atoms with van der Waals surface area (Å²) in [4.78, 5) is 15.1. The first-order chi connectivity index (χ1) is 8.16. The van der Waals surface area contributed by atoms with E-state index in [0.717, 1.165) is 11.6 Å². The number of hydrogen-bond acceptors (Lipinski definition) is 3. The molecule has 2 aromatic heterocycles. The first-order valence-corrected chi connectivity index (χ1v) is 5.38. The molecule has 0 aliphatic heterocycles. The lowest BCUT2D eigenvalue weighted by Crippen LogP contribution is -2.13. The average Bonchev–Trinajstić information content (AvgIpc) is 2.87. The number of hydrogen-bond donors (Lipinski definition) is 1. The van der Waals surface area contributed by atoms with Gasteiger partial charge in [-0.3, -0.25) is 4.79 Å². The van der Waals surface area contributed by atoms with Crippen LogP contribution < -0.4 is 0 Å². The van der Waals surface area contributed by atoms with Gasteiger partial charge in [-0.2, -0.15) is 0 Å². The van der Waals surface area contributed by atoms with Gasteiger partial charge < -0.3 is 14.1 Å². The maximum Gasteiger partial charge on any atom is 0.304 e. The maximum absolute atomic E-state index is 10.9. The van der Waals surface area contributed by atoms with Gasteiger partial charge in [0, 0.05) is 31.8 Å². The van der Waals surface area contributed by atoms with Crippen LogP contribution in [-0.2, 0) is 18.3 Å². The highest BCUT2D eigenvalue weighted by atomic mass is 16.4. The summed E-state index contributed by atoms with van der Waals surface area (Å²) < 4.78 is 7.10. The molecule has 0 aliphatic carbocycles. The lowest BCUT2D eigenvalue weighted by molar-refractivity contribution is -0.137. The molecule has 2 rings (SSSR count). The third-order valence-corrected chi connectivity index (χ3v) is 2.67. The molecule has 0 saturated carbocycles. The van der Waals surface area contributed by atoms with Crippen LogP contribution in [0.25, 0.3) is 0 Å². The molecule has 90 valence electrons. The zero-order valence-corrected chi connectivity index (χ0v) is 9.54. The molecule has 0 spiro atoms. The van der Waals surface area contributed by atoms with Crippen molar-refractivity contribution in [3.05, 3.63) is 42.4 Å². The molecule has 0 fully saturated rings. The fourth-order valence-corrected chi connectivity index (χ4v) is 1.91. The lowest BCUT2D eigenvalue weighted by atomic mass is 9.99. The molecule has 1 atom stereocenters. The number of furan rings is 1. The van der Waals surface area contributed by atoms with E-state index in [9.17, 15) is 4.79 Å². The Balaban J connectivity index is 2.19. The number of carboxylic acids is 1. The molecule has 0 amide bonds. The van der Waals surface area contributed by atoms with Gasteiger partial charge in [0.1, 0.15) is 11.6 Å². The van der Waals surface area contributed by atoms with Gasteiger partial charge in [0.05, 0.1) is 12.7 Å². The Morgan fingerprint density at radius 3 is 3.00 bits per heavy atom. The number of carbonyl (C=O) groups is 1. The number of aryl methyl sites for hydroxylation is 1. The summed E-state index contributed by atoms with van der Waals surface area (Å²) in [6, 6.07) is 3.64. The summed E-state index contributed by atoms with van der Waals surface area (Å²) >= 11 is 0. The van der Waals surface area contributed by atoms with Gasteiger partial charge in [-0.15, -0.1) is 0 Å². The molecule has 1 unspecified atom stereocenters. The maximum atomic E-state index is 10.9. The van der Waals surface area contributed by atoms with Crippen molar-refractivity contribution in [1.82, 2.24) is 9.55 Å². The molecule has 17 heavy (non-hydrogen) atoms. The number of imidazole rings is 1. The minimum absolute atomic E-state index is 0.0472. The topological polar surface area (TPSA) is 68.3 Å². The molecule has 0 saturated heterocycles. The zero-order valence-electron chi connectivity index (χ0n) is 9.54. The molecular weight excluding hydrogens is 220 g/mol. The lowest BCUT2D eigenvalue weighted by Gasteiger charge is -2.13. The quantitative estimate of drug-likeness (QED) is 0.856. The fraction of sp³-hybridized carbons (Fsp3) is 0.333. The second-order valence-electron chi connectivity index (χ2n) is 3.97. The van der Waals surface area contributed by atoms with Gasteiger partial charge in [0.25, 0.3) is 0 Å². The van der Waals surface area contributed by atoms with Gasteiger partial charge in [-0.25, -0.2) is 4.98 Å². The van der Waals surface area contributed by atoms with E-state index in [2.05, 4.69) is 4.98 Å². The summed E-state index contributed by atoms with van der Waals surface area (Å²) in [6.45, 7) is 0. The molecular formula is C12H14N2O3. The van der Waals surface area contributed by atoms with E-state index in [1.54, 1.807) is 18.5 Å². The highest BCUT2D eigenvalue weighted by molar-refractivity contribution is 5.67. The van der Waals surface area contributed by atoms with E-state index in [4.69, 9.17) is 9.52 Å². The number of carboxylic acid groups (broad SMARTS) is 1. The van der Waals surface area contributed by atoms with Crippen molar-refractivity contribution in [2.24, 2.45) is 7.05 Å². The van der Waals surface area contributed by atoms with Crippen LogP contribution in [0.2, 0.25) is 0 Å². The van der Waals surface area contributed by atoms with E-state index < -0.39 is 5.97 Å². The van der Waals surface area contributed by atoms with Crippen LogP contribution in [0.5, 0.6) is 0 Å². The van der Waals surface area contributed by atoms with Crippen molar-refractivity contribution in [2.75, 3.05) is 0 Å². The van der Waals surface area contributed by atoms with E-state index >= 15 is 0 Å². The minimum Gasteiger partial charge on any atom is -0.481 e. The van der Waals surface area contributed by atoms with E-state index in [1.807, 2.05) is 23.9 Å². The SMILES string of the molecule is Cn1ccnc1C(CC(=O)O)Cc1ccco1. The highest BCUT2D eigenvalue weighted by Gasteiger charge is 2.21. The van der Waals surface area contributed by atoms with Crippen LogP contribution in [0.3, 0.4) is 0 Å². The monoisotopic (exact) mass is 234 g/mol. The van der Waals surface area contributed by atoms with Gasteiger partial charge in [0.2, 0.25) is 0 Å². The van der Waals surface area contributed by atoms with E-state index in [-0.39, 0.29) is 12.3 Å². The number of aromatic nitrogens is 2. The van der Waals surface area contributed by atoms with Gasteiger partial charge in [-0.1, -0.05) is 0 Å². The molecule has 0 aliphatic rings. The molecule has 1 N–H and O–H groups in total. The molecule has 0 bridgehead atoms. The summed E-state index contributed by atoms with van der Waals surface area (Å²) in [7, 11) is 1.86. The van der Waals surface area contributed by atoms with Crippen LogP contribution in [0.4, 0.5) is 0 Å². The summed E-state index contributed by atoms with van der Waals surface area (Å²) in [5.41, 5.74) is 0. The molecule has 5 nitrogen and oxygen atoms in total. The second-order valence-corrected chi connectivity index (χ2v) is 3.97. The number of rotatable bonds is 5. The second kappa shape index (κ2) is 4.86. The molecule has 5 heteroatoms. The standard InChI is InChI=1S/C12H14N2O3/c1-14-5-4-13-12(14)9(8-11(15)16)7-10-3-2-6-17-10/h2-6,9H,7-8H2,1H3,(H,15,16). The normalized spacial score (nSPS) is 12.5. The van der Waals surface area contributed by atoms with Crippen LogP contribution >= 0.6 is 0 Å². The van der Waals surface area contributed by atoms with Crippen LogP contribution in [0.15, 0.2) is 35.2 Å². The Morgan fingerprint density at radius 1 is 1.65 bits per heavy atom. The van der Waals surface area contributed by atoms with Gasteiger partial charge in [-0.05, 0) is 12.1 Å². The first-order valence-electron chi connectivity index (χ1n) is 5.38. The Labute approximate surface area is 98.7 Å². The first kappa shape index (κ1) is 11.4. The van der Waals surface area contributed by atoms with E-state index in [0.29, 0.717) is 6.42 Å². The van der Waals surface area contributed by atoms with Crippen LogP contribution in [0.1, 0.15) is 23.9 Å². The van der Waals surface area contributed by atoms with Crippen LogP contribution in [0, 0.1) is 0 Å². The van der Waals surface area contributed by atoms with Crippen molar-refractivity contribution in [2.45, 2.75) is 18.8 Å². The van der Waals surface area contributed by atoms with E-state index in [1.165, 1.54) is 0 Å². The predicted octanol–water partition coefficient (Wildman–Crippen LogP) is 1.81. The fourth-order valence-electron chi connectivity index (χ4n) is 1.91. The minimum atomic E-state index is -0.829. The average molecular weight is 234 g/mol. The third kappa shape index (κ3) is 2.75. The Morgan fingerprint density at radius 2 is 2.47 bits per heavy atom. The summed E-state index contributed by atoms with van der Waals surface area (Å²) in [5, 5.41) is 8.93. The van der Waals surface area contributed by atoms with Gasteiger partial charge in [0.15, 0.2) is 0 Å². The number of nitrogens with zero attached hydrogens (tertiary/aromatic N) is 2. The zero-order chi connectivity index (χ0) is 12.3. The largest absolute Gasteiger partial charge is 0.481 e. The van der Waals surface area contributed by atoms with Crippen molar-refractivity contribution >= 4 is 5.97 Å². The summed E-state index contributed by atoms with van der Waals surface area (Å²) in [5.74, 6) is 0.547. The predicted molar refractivity (Wildman–Crippen MR) is 60.6 cm³/mol. The van der Waals surface area contributed by atoms with Gasteiger partial charge >= 0.3 is 5.97 Å². The Hall–Kier alpha value is -2.04. The van der Waals surface area contributed by atoms with Crippen molar-refractivity contribution < 1.29 is 14.3 Å². The third-order valence-electron chi connectivity index (χ3n) is 2.67. The Kier molecular flexibility index (Phi) is 3.27. The smallest absolute Gasteiger partial charge is 0.304 e. The Bertz CT molecular complexity index is 488. The molecule has 0 aromatic carbocycles. The molecule has 0 radical (unpaired) electrons. The van der Waals surface area contributed by atoms with Crippen molar-refractivity contribution in [1.29, 1.82) is 0 Å².